The molecule has 3 nitrogen and oxygen atoms in total. The van der Waals surface area contributed by atoms with Gasteiger partial charge in [0.1, 0.15) is 0 Å². The number of terminal acetylenes is 1. The van der Waals surface area contributed by atoms with Crippen molar-refractivity contribution in [3.63, 3.8) is 0 Å². The molecule has 0 aromatic heterocycles. The van der Waals surface area contributed by atoms with Gasteiger partial charge in [-0.2, -0.15) is 0 Å². The lowest BCUT2D eigenvalue weighted by Crippen LogP contribution is -2.43. The molecule has 1 amide bonds. The van der Waals surface area contributed by atoms with E-state index in [0.29, 0.717) is 0 Å². The van der Waals surface area contributed by atoms with Crippen molar-refractivity contribution in [3.05, 3.63) is 11.6 Å². The first-order valence-electron chi connectivity index (χ1n) is 4.75. The van der Waals surface area contributed by atoms with E-state index in [2.05, 4.69) is 16.6 Å². The summed E-state index contributed by atoms with van der Waals surface area (Å²) in [6, 6.07) is 0. The largest absolute Gasteiger partial charge is 0.337 e. The summed E-state index contributed by atoms with van der Waals surface area (Å²) in [6.07, 6.45) is 7.97. The molecule has 1 rings (SSSR count). The minimum absolute atomic E-state index is 0.0468. The number of hydrogen-bond donors (Lipinski definition) is 2. The van der Waals surface area contributed by atoms with Crippen LogP contribution in [0.2, 0.25) is 0 Å². The third-order valence-corrected chi connectivity index (χ3v) is 2.14. The molecule has 76 valence electrons. The summed E-state index contributed by atoms with van der Waals surface area (Å²) in [5, 5.41) is 5.95. The van der Waals surface area contributed by atoms with Crippen molar-refractivity contribution < 1.29 is 4.79 Å². The molecule has 0 aromatic carbocycles. The number of rotatable bonds is 2. The Kier molecular flexibility index (Phi) is 3.32. The highest BCUT2D eigenvalue weighted by Crippen LogP contribution is 2.07. The topological polar surface area (TPSA) is 41.1 Å². The van der Waals surface area contributed by atoms with Crippen molar-refractivity contribution in [3.8, 4) is 12.3 Å². The normalized spacial score (nSPS) is 16.8. The molecule has 0 spiro atoms. The van der Waals surface area contributed by atoms with E-state index in [9.17, 15) is 4.79 Å². The molecule has 0 aromatic rings. The number of carbonyl (C=O) groups is 1. The Morgan fingerprint density at radius 1 is 1.71 bits per heavy atom. The summed E-state index contributed by atoms with van der Waals surface area (Å²) in [7, 11) is 0. The highest BCUT2D eigenvalue weighted by atomic mass is 16.1. The molecule has 2 N–H and O–H groups in total. The van der Waals surface area contributed by atoms with Gasteiger partial charge in [0.15, 0.2) is 0 Å². The van der Waals surface area contributed by atoms with Crippen LogP contribution in [0.1, 0.15) is 20.3 Å². The zero-order chi connectivity index (χ0) is 10.6. The minimum Gasteiger partial charge on any atom is -0.337 e. The monoisotopic (exact) mass is 192 g/mol. The van der Waals surface area contributed by atoms with Crippen molar-refractivity contribution in [1.29, 1.82) is 0 Å². The number of carbonyl (C=O) groups excluding carboxylic acids is 1. The van der Waals surface area contributed by atoms with Crippen LogP contribution in [0.5, 0.6) is 0 Å². The molecular weight excluding hydrogens is 176 g/mol. The molecule has 0 aliphatic carbocycles. The Labute approximate surface area is 85.0 Å². The van der Waals surface area contributed by atoms with Gasteiger partial charge < -0.3 is 10.6 Å². The van der Waals surface area contributed by atoms with Crippen molar-refractivity contribution in [2.45, 2.75) is 25.8 Å². The molecular formula is C11H16N2O. The van der Waals surface area contributed by atoms with Gasteiger partial charge in [0.2, 0.25) is 5.91 Å². The molecule has 0 atom stereocenters. The molecule has 1 aliphatic rings. The summed E-state index contributed by atoms with van der Waals surface area (Å²) in [4.78, 5) is 11.7. The van der Waals surface area contributed by atoms with Crippen LogP contribution in [0, 0.1) is 12.3 Å². The van der Waals surface area contributed by atoms with E-state index in [4.69, 9.17) is 6.42 Å². The molecule has 1 aliphatic heterocycles. The third-order valence-electron chi connectivity index (χ3n) is 2.14. The molecule has 1 heterocycles. The predicted molar refractivity (Wildman–Crippen MR) is 56.6 cm³/mol. The van der Waals surface area contributed by atoms with E-state index in [1.54, 1.807) is 0 Å². The Bertz CT molecular complexity index is 297. The van der Waals surface area contributed by atoms with Crippen LogP contribution in [0.3, 0.4) is 0 Å². The van der Waals surface area contributed by atoms with Gasteiger partial charge in [0.05, 0.1) is 5.54 Å². The molecule has 0 bridgehead atoms. The maximum atomic E-state index is 11.7. The van der Waals surface area contributed by atoms with Crippen LogP contribution in [0.25, 0.3) is 0 Å². The quantitative estimate of drug-likeness (QED) is 0.623. The second-order valence-electron chi connectivity index (χ2n) is 3.91. The van der Waals surface area contributed by atoms with Gasteiger partial charge in [0.25, 0.3) is 0 Å². The second-order valence-corrected chi connectivity index (χ2v) is 3.91. The van der Waals surface area contributed by atoms with E-state index >= 15 is 0 Å². The summed E-state index contributed by atoms with van der Waals surface area (Å²) >= 11 is 0. The molecule has 0 fully saturated rings. The molecule has 0 saturated carbocycles. The van der Waals surface area contributed by atoms with Gasteiger partial charge in [0, 0.05) is 12.1 Å². The lowest BCUT2D eigenvalue weighted by Gasteiger charge is -2.22. The molecule has 0 saturated heterocycles. The molecule has 0 unspecified atom stereocenters. The van der Waals surface area contributed by atoms with Crippen LogP contribution < -0.4 is 10.6 Å². The van der Waals surface area contributed by atoms with Crippen molar-refractivity contribution >= 4 is 5.91 Å². The molecule has 3 heteroatoms. The van der Waals surface area contributed by atoms with E-state index in [0.717, 1.165) is 25.1 Å². The van der Waals surface area contributed by atoms with Crippen molar-refractivity contribution in [2.75, 3.05) is 13.1 Å². The Balaban J connectivity index is 2.59. The fraction of sp³-hybridized carbons (Fsp3) is 0.545. The summed E-state index contributed by atoms with van der Waals surface area (Å²) < 4.78 is 0. The van der Waals surface area contributed by atoms with Crippen LogP contribution in [-0.2, 0) is 4.79 Å². The predicted octanol–water partition coefficient (Wildman–Crippen LogP) is 0.434. The SMILES string of the molecule is C#CC(C)(C)NC(=O)C1=CCNCC1. The van der Waals surface area contributed by atoms with Crippen LogP contribution in [0.15, 0.2) is 11.6 Å². The summed E-state index contributed by atoms with van der Waals surface area (Å²) in [5.74, 6) is 2.49. The van der Waals surface area contributed by atoms with Crippen LogP contribution in [-0.4, -0.2) is 24.5 Å². The lowest BCUT2D eigenvalue weighted by atomic mass is 10.0. The average molecular weight is 192 g/mol. The van der Waals surface area contributed by atoms with E-state index in [-0.39, 0.29) is 5.91 Å². The fourth-order valence-electron chi connectivity index (χ4n) is 1.23. The average Bonchev–Trinajstić information content (AvgIpc) is 2.19. The van der Waals surface area contributed by atoms with Gasteiger partial charge in [-0.05, 0) is 26.8 Å². The fourth-order valence-corrected chi connectivity index (χ4v) is 1.23. The minimum atomic E-state index is -0.567. The summed E-state index contributed by atoms with van der Waals surface area (Å²) in [6.45, 7) is 5.24. The van der Waals surface area contributed by atoms with Crippen LogP contribution >= 0.6 is 0 Å². The zero-order valence-corrected chi connectivity index (χ0v) is 8.68. The van der Waals surface area contributed by atoms with Gasteiger partial charge in [-0.15, -0.1) is 6.42 Å². The highest BCUT2D eigenvalue weighted by molar-refractivity contribution is 5.94. The van der Waals surface area contributed by atoms with E-state index in [1.807, 2.05) is 19.9 Å². The first kappa shape index (κ1) is 10.8. The maximum Gasteiger partial charge on any atom is 0.248 e. The number of nitrogens with one attached hydrogen (secondary N) is 2. The number of amides is 1. The number of hydrogen-bond acceptors (Lipinski definition) is 2. The first-order valence-corrected chi connectivity index (χ1v) is 4.75. The standard InChI is InChI=1S/C11H16N2O/c1-4-11(2,3)13-10(14)9-5-7-12-8-6-9/h1,5,12H,6-8H2,2-3H3,(H,13,14). The Morgan fingerprint density at radius 3 is 2.93 bits per heavy atom. The first-order chi connectivity index (χ1) is 6.55. The van der Waals surface area contributed by atoms with Gasteiger partial charge in [-0.1, -0.05) is 12.0 Å². The van der Waals surface area contributed by atoms with Gasteiger partial charge in [-0.25, -0.2) is 0 Å². The Hall–Kier alpha value is -1.27. The van der Waals surface area contributed by atoms with Gasteiger partial charge >= 0.3 is 0 Å². The molecule has 0 radical (unpaired) electrons. The van der Waals surface area contributed by atoms with Crippen molar-refractivity contribution in [2.24, 2.45) is 0 Å². The smallest absolute Gasteiger partial charge is 0.248 e. The lowest BCUT2D eigenvalue weighted by molar-refractivity contribution is -0.118. The maximum absolute atomic E-state index is 11.7. The third kappa shape index (κ3) is 2.90. The highest BCUT2D eigenvalue weighted by Gasteiger charge is 2.20. The van der Waals surface area contributed by atoms with E-state index < -0.39 is 5.54 Å². The second kappa shape index (κ2) is 4.30. The molecule has 14 heavy (non-hydrogen) atoms. The summed E-state index contributed by atoms with van der Waals surface area (Å²) in [5.41, 5.74) is 0.259. The van der Waals surface area contributed by atoms with Crippen LogP contribution in [0.4, 0.5) is 0 Å². The zero-order valence-electron chi connectivity index (χ0n) is 8.68. The van der Waals surface area contributed by atoms with E-state index in [1.165, 1.54) is 0 Å². The Morgan fingerprint density at radius 2 is 2.43 bits per heavy atom. The van der Waals surface area contributed by atoms with Crippen molar-refractivity contribution in [1.82, 2.24) is 10.6 Å². The van der Waals surface area contributed by atoms with Gasteiger partial charge in [-0.3, -0.25) is 4.79 Å².